The third-order valence-electron chi connectivity index (χ3n) is 3.18. The predicted molar refractivity (Wildman–Crippen MR) is 45.0 cm³/mol. The molecule has 1 heterocycles. The van der Waals surface area contributed by atoms with E-state index in [1.807, 2.05) is 0 Å². The molecule has 1 amide bonds. The minimum atomic E-state index is -0.769. The molecule has 2 aliphatic rings. The van der Waals surface area contributed by atoms with E-state index in [1.54, 1.807) is 0 Å². The van der Waals surface area contributed by atoms with Crippen LogP contribution in [0.5, 0.6) is 0 Å². The average Bonchev–Trinajstić information content (AvgIpc) is 2.46. The molecule has 2 fully saturated rings. The summed E-state index contributed by atoms with van der Waals surface area (Å²) in [6.07, 6.45) is 3.08. The molecule has 3 atom stereocenters. The second kappa shape index (κ2) is 3.01. The zero-order chi connectivity index (χ0) is 9.42. The number of carbonyl (C=O) groups excluding carboxylic acids is 1. The van der Waals surface area contributed by atoms with Crippen LogP contribution in [0, 0.1) is 11.8 Å². The molecule has 0 bridgehead atoms. The number of hydrogen-bond donors (Lipinski definition) is 2. The van der Waals surface area contributed by atoms with Gasteiger partial charge in [0.15, 0.2) is 0 Å². The minimum Gasteiger partial charge on any atom is -0.481 e. The van der Waals surface area contributed by atoms with Crippen LogP contribution in [0.25, 0.3) is 0 Å². The van der Waals surface area contributed by atoms with Crippen molar-refractivity contribution in [2.45, 2.75) is 31.7 Å². The van der Waals surface area contributed by atoms with E-state index >= 15 is 0 Å². The van der Waals surface area contributed by atoms with E-state index in [2.05, 4.69) is 5.32 Å². The molecule has 4 heteroatoms. The number of hydrogen-bond acceptors (Lipinski definition) is 2. The molecule has 2 N–H and O–H groups in total. The summed E-state index contributed by atoms with van der Waals surface area (Å²) in [5.74, 6) is -0.711. The maximum Gasteiger partial charge on any atom is 0.308 e. The minimum absolute atomic E-state index is 0.00870. The van der Waals surface area contributed by atoms with Crippen LogP contribution in [0.2, 0.25) is 0 Å². The first-order valence-electron chi connectivity index (χ1n) is 4.70. The summed E-state index contributed by atoms with van der Waals surface area (Å²) >= 11 is 0. The molecule has 0 aromatic heterocycles. The molecule has 1 aliphatic heterocycles. The molecule has 0 radical (unpaired) electrons. The molecule has 2 rings (SSSR count). The Morgan fingerprint density at radius 1 is 1.38 bits per heavy atom. The Morgan fingerprint density at radius 3 is 2.85 bits per heavy atom. The highest BCUT2D eigenvalue weighted by atomic mass is 16.4. The summed E-state index contributed by atoms with van der Waals surface area (Å²) in [4.78, 5) is 21.9. The monoisotopic (exact) mass is 183 g/mol. The number of aliphatic carboxylic acids is 1. The van der Waals surface area contributed by atoms with Crippen LogP contribution in [-0.4, -0.2) is 23.0 Å². The number of fused-ring (bicyclic) bond motifs is 1. The maximum absolute atomic E-state index is 11.1. The lowest BCUT2D eigenvalue weighted by Gasteiger charge is -2.28. The van der Waals surface area contributed by atoms with E-state index in [1.165, 1.54) is 0 Å². The van der Waals surface area contributed by atoms with Crippen molar-refractivity contribution in [3.05, 3.63) is 0 Å². The zero-order valence-electron chi connectivity index (χ0n) is 7.32. The summed E-state index contributed by atoms with van der Waals surface area (Å²) in [6.45, 7) is 0. The fraction of sp³-hybridized carbons (Fsp3) is 0.778. The summed E-state index contributed by atoms with van der Waals surface area (Å²) in [5.41, 5.74) is 0. The topological polar surface area (TPSA) is 66.4 Å². The van der Waals surface area contributed by atoms with Gasteiger partial charge in [-0.25, -0.2) is 0 Å². The van der Waals surface area contributed by atoms with Crippen molar-refractivity contribution in [1.82, 2.24) is 5.32 Å². The molecule has 0 aromatic rings. The number of carboxylic acids is 1. The van der Waals surface area contributed by atoms with Gasteiger partial charge in [0.2, 0.25) is 5.91 Å². The number of amides is 1. The van der Waals surface area contributed by atoms with Gasteiger partial charge in [-0.05, 0) is 25.2 Å². The Kier molecular flexibility index (Phi) is 1.98. The Bertz CT molecular complexity index is 251. The highest BCUT2D eigenvalue weighted by molar-refractivity contribution is 5.79. The van der Waals surface area contributed by atoms with Crippen molar-refractivity contribution in [3.8, 4) is 0 Å². The van der Waals surface area contributed by atoms with Crippen molar-refractivity contribution in [1.29, 1.82) is 0 Å². The van der Waals surface area contributed by atoms with Gasteiger partial charge in [-0.1, -0.05) is 0 Å². The Hall–Kier alpha value is -1.06. The van der Waals surface area contributed by atoms with Gasteiger partial charge in [0.05, 0.1) is 5.92 Å². The quantitative estimate of drug-likeness (QED) is 0.617. The van der Waals surface area contributed by atoms with Gasteiger partial charge < -0.3 is 10.4 Å². The fourth-order valence-electron chi connectivity index (χ4n) is 2.48. The molecule has 1 aliphatic carbocycles. The van der Waals surface area contributed by atoms with Crippen LogP contribution in [0.15, 0.2) is 0 Å². The molecule has 13 heavy (non-hydrogen) atoms. The predicted octanol–water partition coefficient (Wildman–Crippen LogP) is 0.376. The van der Waals surface area contributed by atoms with Gasteiger partial charge >= 0.3 is 5.97 Å². The van der Waals surface area contributed by atoms with E-state index in [4.69, 9.17) is 5.11 Å². The highest BCUT2D eigenvalue weighted by Gasteiger charge is 2.43. The zero-order valence-corrected chi connectivity index (χ0v) is 7.32. The summed E-state index contributed by atoms with van der Waals surface area (Å²) < 4.78 is 0. The number of carboxylic acid groups (broad SMARTS) is 1. The van der Waals surface area contributed by atoms with Gasteiger partial charge in [-0.15, -0.1) is 0 Å². The van der Waals surface area contributed by atoms with Crippen LogP contribution in [0.3, 0.4) is 0 Å². The second-order valence-corrected chi connectivity index (χ2v) is 3.91. The SMILES string of the molecule is O=C1CCC2CCC(C(=O)O)C2N1. The molecular weight excluding hydrogens is 170 g/mol. The molecule has 72 valence electrons. The number of rotatable bonds is 1. The van der Waals surface area contributed by atoms with Gasteiger partial charge in [0.1, 0.15) is 0 Å². The maximum atomic E-state index is 11.1. The highest BCUT2D eigenvalue weighted by Crippen LogP contribution is 2.36. The normalized spacial score (nSPS) is 38.2. The summed E-state index contributed by atoms with van der Waals surface area (Å²) in [6, 6.07) is -0.0984. The number of piperidine rings is 1. The summed E-state index contributed by atoms with van der Waals surface area (Å²) in [7, 11) is 0. The lowest BCUT2D eigenvalue weighted by atomic mass is 9.90. The van der Waals surface area contributed by atoms with E-state index < -0.39 is 5.97 Å². The average molecular weight is 183 g/mol. The van der Waals surface area contributed by atoms with Crippen LogP contribution in [0.4, 0.5) is 0 Å². The van der Waals surface area contributed by atoms with Gasteiger partial charge in [0, 0.05) is 12.5 Å². The first kappa shape index (κ1) is 8.53. The molecule has 1 saturated carbocycles. The van der Waals surface area contributed by atoms with E-state index in [0.29, 0.717) is 18.8 Å². The summed E-state index contributed by atoms with van der Waals surface area (Å²) in [5, 5.41) is 11.7. The third-order valence-corrected chi connectivity index (χ3v) is 3.18. The van der Waals surface area contributed by atoms with Crippen LogP contribution in [-0.2, 0) is 9.59 Å². The second-order valence-electron chi connectivity index (χ2n) is 3.91. The largest absolute Gasteiger partial charge is 0.481 e. The third kappa shape index (κ3) is 1.41. The molecule has 3 unspecified atom stereocenters. The molecule has 0 aromatic carbocycles. The Morgan fingerprint density at radius 2 is 2.15 bits per heavy atom. The smallest absolute Gasteiger partial charge is 0.308 e. The Balaban J connectivity index is 2.11. The number of carbonyl (C=O) groups is 2. The van der Waals surface area contributed by atoms with Crippen molar-refractivity contribution < 1.29 is 14.7 Å². The van der Waals surface area contributed by atoms with Crippen LogP contribution in [0.1, 0.15) is 25.7 Å². The first-order valence-corrected chi connectivity index (χ1v) is 4.70. The molecule has 1 saturated heterocycles. The molecular formula is C9H13NO3. The van der Waals surface area contributed by atoms with Gasteiger partial charge in [0.25, 0.3) is 0 Å². The Labute approximate surface area is 76.3 Å². The van der Waals surface area contributed by atoms with E-state index in [0.717, 1.165) is 12.8 Å². The van der Waals surface area contributed by atoms with Crippen molar-refractivity contribution >= 4 is 11.9 Å². The standard InChI is InChI=1S/C9H13NO3/c11-7-4-2-5-1-3-6(9(12)13)8(5)10-7/h5-6,8H,1-4H2,(H,10,11)(H,12,13). The molecule has 0 spiro atoms. The van der Waals surface area contributed by atoms with Gasteiger partial charge in [-0.2, -0.15) is 0 Å². The van der Waals surface area contributed by atoms with E-state index in [9.17, 15) is 9.59 Å². The van der Waals surface area contributed by atoms with E-state index in [-0.39, 0.29) is 17.9 Å². The fourth-order valence-corrected chi connectivity index (χ4v) is 2.48. The lowest BCUT2D eigenvalue weighted by Crippen LogP contribution is -2.47. The number of nitrogens with one attached hydrogen (secondary N) is 1. The lowest BCUT2D eigenvalue weighted by molar-refractivity contribution is -0.142. The molecule has 4 nitrogen and oxygen atoms in total. The van der Waals surface area contributed by atoms with Gasteiger partial charge in [-0.3, -0.25) is 9.59 Å². The first-order chi connectivity index (χ1) is 6.18. The van der Waals surface area contributed by atoms with Crippen molar-refractivity contribution in [2.24, 2.45) is 11.8 Å². The van der Waals surface area contributed by atoms with Crippen LogP contribution >= 0.6 is 0 Å². The van der Waals surface area contributed by atoms with Crippen LogP contribution < -0.4 is 5.32 Å². The van der Waals surface area contributed by atoms with Crippen molar-refractivity contribution in [3.63, 3.8) is 0 Å². The van der Waals surface area contributed by atoms with Crippen molar-refractivity contribution in [2.75, 3.05) is 0 Å².